The van der Waals surface area contributed by atoms with Crippen molar-refractivity contribution in [3.05, 3.63) is 28.8 Å². The van der Waals surface area contributed by atoms with Gasteiger partial charge in [0.2, 0.25) is 0 Å². The fraction of sp³-hybridized carbons (Fsp3) is 0.650. The molecule has 1 aromatic carbocycles. The summed E-state index contributed by atoms with van der Waals surface area (Å²) in [5, 5.41) is 10.4. The largest absolute Gasteiger partial charge is 0.507 e. The van der Waals surface area contributed by atoms with Crippen LogP contribution in [0.5, 0.6) is 5.75 Å². The van der Waals surface area contributed by atoms with Crippen molar-refractivity contribution >= 4 is 5.78 Å². The third-order valence-electron chi connectivity index (χ3n) is 5.99. The minimum Gasteiger partial charge on any atom is -0.507 e. The van der Waals surface area contributed by atoms with E-state index >= 15 is 0 Å². The highest BCUT2D eigenvalue weighted by Crippen LogP contribution is 2.48. The zero-order valence-electron chi connectivity index (χ0n) is 13.9. The van der Waals surface area contributed by atoms with Crippen LogP contribution in [0.3, 0.4) is 0 Å². The van der Waals surface area contributed by atoms with Crippen molar-refractivity contribution in [3.63, 3.8) is 0 Å². The molecule has 0 saturated heterocycles. The first-order chi connectivity index (χ1) is 10.6. The summed E-state index contributed by atoms with van der Waals surface area (Å²) in [6.07, 6.45) is 8.84. The number of fused-ring (bicyclic) bond motifs is 3. The van der Waals surface area contributed by atoms with E-state index in [0.29, 0.717) is 23.8 Å². The van der Waals surface area contributed by atoms with Crippen LogP contribution in [0.1, 0.15) is 86.2 Å². The molecule has 1 saturated carbocycles. The molecule has 2 aliphatic carbocycles. The molecule has 0 bridgehead atoms. The lowest BCUT2D eigenvalue weighted by Crippen LogP contribution is -2.22. The number of rotatable bonds is 5. The van der Waals surface area contributed by atoms with Crippen LogP contribution in [0, 0.1) is 11.8 Å². The van der Waals surface area contributed by atoms with Crippen LogP contribution in [0.4, 0.5) is 0 Å². The highest BCUT2D eigenvalue weighted by molar-refractivity contribution is 6.01. The van der Waals surface area contributed by atoms with E-state index in [1.54, 1.807) is 0 Å². The predicted molar refractivity (Wildman–Crippen MR) is 89.5 cm³/mol. The highest BCUT2D eigenvalue weighted by atomic mass is 16.3. The van der Waals surface area contributed by atoms with Crippen LogP contribution in [-0.2, 0) is 6.42 Å². The van der Waals surface area contributed by atoms with Gasteiger partial charge in [0.05, 0.1) is 5.56 Å². The number of hydrogen-bond acceptors (Lipinski definition) is 2. The molecule has 2 heteroatoms. The number of benzene rings is 1. The van der Waals surface area contributed by atoms with E-state index in [0.717, 1.165) is 17.9 Å². The summed E-state index contributed by atoms with van der Waals surface area (Å²) >= 11 is 0. The lowest BCUT2D eigenvalue weighted by molar-refractivity contribution is 0.0940. The Balaban J connectivity index is 1.87. The van der Waals surface area contributed by atoms with Gasteiger partial charge in [-0.15, -0.1) is 0 Å². The molecular formula is C20H28O2. The van der Waals surface area contributed by atoms with Crippen molar-refractivity contribution in [2.45, 2.75) is 71.1 Å². The van der Waals surface area contributed by atoms with Crippen molar-refractivity contribution in [3.8, 4) is 5.75 Å². The molecule has 2 nitrogen and oxygen atoms in total. The molecule has 3 rings (SSSR count). The molecule has 1 fully saturated rings. The van der Waals surface area contributed by atoms with E-state index in [-0.39, 0.29) is 11.5 Å². The van der Waals surface area contributed by atoms with Gasteiger partial charge in [-0.05, 0) is 60.6 Å². The van der Waals surface area contributed by atoms with Gasteiger partial charge >= 0.3 is 0 Å². The van der Waals surface area contributed by atoms with Gasteiger partial charge in [0.1, 0.15) is 5.75 Å². The molecule has 120 valence electrons. The number of aryl methyl sites for hydroxylation is 1. The Morgan fingerprint density at radius 2 is 2.00 bits per heavy atom. The number of Topliss-reactive ketones (excluding diaryl/α,β-unsaturated/α-hetero) is 1. The van der Waals surface area contributed by atoms with Crippen LogP contribution in [0.15, 0.2) is 12.1 Å². The number of aromatic hydroxyl groups is 1. The quantitative estimate of drug-likeness (QED) is 0.808. The van der Waals surface area contributed by atoms with Crippen LogP contribution in [0.2, 0.25) is 0 Å². The molecular weight excluding hydrogens is 272 g/mol. The summed E-state index contributed by atoms with van der Waals surface area (Å²) in [5.41, 5.74) is 3.00. The molecule has 0 radical (unpaired) electrons. The third-order valence-corrected chi connectivity index (χ3v) is 5.99. The Morgan fingerprint density at radius 3 is 2.73 bits per heavy atom. The Bertz CT molecular complexity index is 557. The highest BCUT2D eigenvalue weighted by Gasteiger charge is 2.38. The summed E-state index contributed by atoms with van der Waals surface area (Å²) in [5.74, 6) is 2.18. The lowest BCUT2D eigenvalue weighted by atomic mass is 9.75. The Hall–Kier alpha value is -1.31. The van der Waals surface area contributed by atoms with Crippen molar-refractivity contribution in [2.24, 2.45) is 11.8 Å². The lowest BCUT2D eigenvalue weighted by Gasteiger charge is -2.28. The molecule has 2 atom stereocenters. The van der Waals surface area contributed by atoms with Crippen molar-refractivity contribution in [2.75, 3.05) is 0 Å². The molecule has 2 aliphatic rings. The molecule has 22 heavy (non-hydrogen) atoms. The first-order valence-electron chi connectivity index (χ1n) is 9.03. The topological polar surface area (TPSA) is 37.3 Å². The van der Waals surface area contributed by atoms with E-state index in [1.807, 2.05) is 6.07 Å². The van der Waals surface area contributed by atoms with Crippen molar-refractivity contribution in [1.82, 2.24) is 0 Å². The van der Waals surface area contributed by atoms with Gasteiger partial charge in [0.25, 0.3) is 0 Å². The zero-order chi connectivity index (χ0) is 15.7. The fourth-order valence-corrected chi connectivity index (χ4v) is 4.55. The van der Waals surface area contributed by atoms with Gasteiger partial charge in [0, 0.05) is 6.42 Å². The molecule has 1 aromatic rings. The first kappa shape index (κ1) is 15.6. The number of phenols is 1. The molecule has 0 unspecified atom stereocenters. The second-order valence-electron chi connectivity index (χ2n) is 7.23. The standard InChI is InChI=1S/C20H28O2/c1-3-13(4-2)8-9-14-10-17-16-7-5-6-15(16)12-19(22)20(17)18(21)11-14/h10-11,13,15-16,21H,3-9,12H2,1-2H3/t15-,16+/m0/s1. The summed E-state index contributed by atoms with van der Waals surface area (Å²) in [7, 11) is 0. The van der Waals surface area contributed by atoms with Gasteiger partial charge < -0.3 is 5.11 Å². The maximum atomic E-state index is 12.4. The Labute approximate surface area is 133 Å². The number of phenolic OH excluding ortho intramolecular Hbond substituents is 1. The normalized spacial score (nSPS) is 23.7. The maximum absolute atomic E-state index is 12.4. The SMILES string of the molecule is CCC(CC)CCc1cc(O)c2c(c1)[C@@H]1CCC[C@H]1CC2=O. The molecule has 0 heterocycles. The summed E-state index contributed by atoms with van der Waals surface area (Å²) in [6, 6.07) is 4.08. The van der Waals surface area contributed by atoms with E-state index in [2.05, 4.69) is 19.9 Å². The van der Waals surface area contributed by atoms with E-state index < -0.39 is 0 Å². The molecule has 0 spiro atoms. The van der Waals surface area contributed by atoms with Gasteiger partial charge in [-0.2, -0.15) is 0 Å². The average molecular weight is 300 g/mol. The van der Waals surface area contributed by atoms with E-state index in [4.69, 9.17) is 0 Å². The summed E-state index contributed by atoms with van der Waals surface area (Å²) in [6.45, 7) is 4.50. The Morgan fingerprint density at radius 1 is 1.23 bits per heavy atom. The number of hydrogen-bond donors (Lipinski definition) is 1. The second-order valence-corrected chi connectivity index (χ2v) is 7.23. The summed E-state index contributed by atoms with van der Waals surface area (Å²) in [4.78, 5) is 12.4. The number of ketones is 1. The van der Waals surface area contributed by atoms with Crippen LogP contribution >= 0.6 is 0 Å². The van der Waals surface area contributed by atoms with Gasteiger partial charge in [0.15, 0.2) is 5.78 Å². The van der Waals surface area contributed by atoms with Gasteiger partial charge in [-0.1, -0.05) is 39.2 Å². The van der Waals surface area contributed by atoms with Crippen molar-refractivity contribution in [1.29, 1.82) is 0 Å². The number of carbonyl (C=O) groups is 1. The van der Waals surface area contributed by atoms with Gasteiger partial charge in [-0.3, -0.25) is 4.79 Å². The zero-order valence-corrected chi connectivity index (χ0v) is 13.9. The Kier molecular flexibility index (Phi) is 4.56. The van der Waals surface area contributed by atoms with Crippen LogP contribution in [0.25, 0.3) is 0 Å². The van der Waals surface area contributed by atoms with Gasteiger partial charge in [-0.25, -0.2) is 0 Å². The van der Waals surface area contributed by atoms with E-state index in [1.165, 1.54) is 44.1 Å². The van der Waals surface area contributed by atoms with Crippen molar-refractivity contribution < 1.29 is 9.90 Å². The number of carbonyl (C=O) groups excluding carboxylic acids is 1. The van der Waals surface area contributed by atoms with Crippen LogP contribution in [-0.4, -0.2) is 10.9 Å². The second kappa shape index (κ2) is 6.44. The molecule has 0 aromatic heterocycles. The molecule has 0 amide bonds. The molecule has 0 aliphatic heterocycles. The van der Waals surface area contributed by atoms with Crippen LogP contribution < -0.4 is 0 Å². The smallest absolute Gasteiger partial charge is 0.167 e. The average Bonchev–Trinajstić information content (AvgIpc) is 2.96. The third kappa shape index (κ3) is 2.80. The fourth-order valence-electron chi connectivity index (χ4n) is 4.55. The van der Waals surface area contributed by atoms with E-state index in [9.17, 15) is 9.90 Å². The maximum Gasteiger partial charge on any atom is 0.167 e. The minimum atomic E-state index is 0.155. The summed E-state index contributed by atoms with van der Waals surface area (Å²) < 4.78 is 0. The molecule has 1 N–H and O–H groups in total. The monoisotopic (exact) mass is 300 g/mol. The predicted octanol–water partition coefficient (Wildman–Crippen LogP) is 5.23. The minimum absolute atomic E-state index is 0.155. The first-order valence-corrected chi connectivity index (χ1v) is 9.03.